The van der Waals surface area contributed by atoms with E-state index in [1.165, 1.54) is 80.6 Å². The fourth-order valence-corrected chi connectivity index (χ4v) is 59.3. The van der Waals surface area contributed by atoms with Crippen LogP contribution in [0, 0.1) is 0 Å². The number of hydrogen-bond acceptors (Lipinski definition) is 12. The molecule has 0 aromatic rings. The van der Waals surface area contributed by atoms with E-state index in [0.29, 0.717) is 0 Å². The van der Waals surface area contributed by atoms with Gasteiger partial charge >= 0.3 is 18.3 Å². The van der Waals surface area contributed by atoms with Crippen LogP contribution in [0.25, 0.3) is 0 Å². The van der Waals surface area contributed by atoms with Gasteiger partial charge in [0.2, 0.25) is 0 Å². The molecule has 0 bridgehead atoms. The third-order valence-corrected chi connectivity index (χ3v) is 53.2. The van der Waals surface area contributed by atoms with Gasteiger partial charge in [0.1, 0.15) is 16.5 Å². The second-order valence-corrected chi connectivity index (χ2v) is 66.6. The predicted octanol–water partition coefficient (Wildman–Crippen LogP) is 10.8. The maximum absolute atomic E-state index is 7.04. The van der Waals surface area contributed by atoms with Gasteiger partial charge in [0.15, 0.2) is 58.3 Å². The molecular weight excluding hydrogens is 987 g/mol. The summed E-state index contributed by atoms with van der Waals surface area (Å²) in [5.74, 6) is 0. The first-order valence-electron chi connectivity index (χ1n) is 24.1. The Morgan fingerprint density at radius 2 is 0.859 bits per heavy atom. The molecule has 382 valence electrons. The summed E-state index contributed by atoms with van der Waals surface area (Å²) < 4.78 is 55.9. The van der Waals surface area contributed by atoms with Gasteiger partial charge in [0.05, 0.1) is 0 Å². The van der Waals surface area contributed by atoms with Crippen LogP contribution < -0.4 is 14.6 Å². The summed E-state index contributed by atoms with van der Waals surface area (Å²) in [6.07, 6.45) is 5.44. The molecular formula is C41H105N3O9Si11. The van der Waals surface area contributed by atoms with E-state index in [2.05, 4.69) is 137 Å². The van der Waals surface area contributed by atoms with Gasteiger partial charge in [-0.25, -0.2) is 0 Å². The molecule has 64 heavy (non-hydrogen) atoms. The third kappa shape index (κ3) is 27.7. The molecule has 0 aliphatic carbocycles. The summed E-state index contributed by atoms with van der Waals surface area (Å²) >= 11 is 0. The van der Waals surface area contributed by atoms with Crippen molar-refractivity contribution < 1.29 is 38.9 Å². The van der Waals surface area contributed by atoms with Crippen molar-refractivity contribution in [3.8, 4) is 0 Å². The minimum atomic E-state index is -2.57. The monoisotopic (exact) mass is 1090 g/mol. The molecule has 23 heteroatoms. The first kappa shape index (κ1) is 65.4. The summed E-state index contributed by atoms with van der Waals surface area (Å²) in [6, 6.07) is 12.4. The molecule has 12 nitrogen and oxygen atoms in total. The first-order valence-corrected chi connectivity index (χ1v) is 54.4. The Morgan fingerprint density at radius 1 is 0.484 bits per heavy atom. The summed E-state index contributed by atoms with van der Waals surface area (Å²) in [4.78, 5) is 7.91. The average Bonchev–Trinajstić information content (AvgIpc) is 3.19. The maximum Gasteiger partial charge on any atom is 0.499 e. The first-order chi connectivity index (χ1) is 29.2. The molecule has 2 aliphatic heterocycles. The SMILES string of the molecule is C=C[Si](C)(C)O[Si](C)(C)CC[Si]1(C)CCCCN1.C=C[Si](C)(C)O[Si](C)(C)CC[Si]1(C)CCCCN[Si](C)(CC[Si](C)(C)O[Si](C)(C)CC[Si](OC)(OC)OC)N1.CO[SiH](OC)OC. The molecule has 2 rings (SSSR count). The van der Waals surface area contributed by atoms with E-state index in [1.807, 2.05) is 0 Å². The highest BCUT2D eigenvalue weighted by Crippen LogP contribution is 2.33. The molecule has 0 aromatic heterocycles. The van der Waals surface area contributed by atoms with Crippen LogP contribution in [0.3, 0.4) is 0 Å². The van der Waals surface area contributed by atoms with Crippen LogP contribution in [-0.2, 0) is 38.9 Å². The normalized spacial score (nSPS) is 23.3. The lowest BCUT2D eigenvalue weighted by Crippen LogP contribution is -2.70. The van der Waals surface area contributed by atoms with Crippen LogP contribution in [0.1, 0.15) is 25.7 Å². The highest BCUT2D eigenvalue weighted by atomic mass is 28.4. The highest BCUT2D eigenvalue weighted by Gasteiger charge is 2.45. The van der Waals surface area contributed by atoms with Gasteiger partial charge in [-0.3, -0.25) is 0 Å². The Hall–Kier alpha value is 1.39. The van der Waals surface area contributed by atoms with Gasteiger partial charge in [0.25, 0.3) is 0 Å². The molecule has 2 heterocycles. The zero-order chi connectivity index (χ0) is 49.8. The van der Waals surface area contributed by atoms with Crippen LogP contribution in [0.2, 0.25) is 159 Å². The lowest BCUT2D eigenvalue weighted by molar-refractivity contribution is 0.125. The number of nitrogens with one attached hydrogen (secondary N) is 3. The Labute approximate surface area is 408 Å². The Balaban J connectivity index is 0.00000130. The van der Waals surface area contributed by atoms with Crippen molar-refractivity contribution in [3.63, 3.8) is 0 Å². The maximum atomic E-state index is 7.04. The van der Waals surface area contributed by atoms with E-state index in [9.17, 15) is 0 Å². The van der Waals surface area contributed by atoms with Crippen molar-refractivity contribution in [3.05, 3.63) is 24.6 Å². The zero-order valence-corrected chi connectivity index (χ0v) is 56.8. The quantitative estimate of drug-likeness (QED) is 0.0716. The van der Waals surface area contributed by atoms with Crippen molar-refractivity contribution in [1.29, 1.82) is 0 Å². The molecule has 0 radical (unpaired) electrons. The molecule has 0 aromatic carbocycles. The van der Waals surface area contributed by atoms with Crippen molar-refractivity contribution in [1.82, 2.24) is 14.6 Å². The fraction of sp³-hybridized carbons (Fsp3) is 0.902. The van der Waals surface area contributed by atoms with Crippen LogP contribution in [-0.4, -0.2) is 149 Å². The van der Waals surface area contributed by atoms with Crippen LogP contribution in [0.15, 0.2) is 24.6 Å². The topological polar surface area (TPSA) is 119 Å². The minimum Gasteiger partial charge on any atom is -0.456 e. The predicted molar refractivity (Wildman–Crippen MR) is 304 cm³/mol. The molecule has 2 saturated heterocycles. The van der Waals surface area contributed by atoms with E-state index in [1.54, 1.807) is 42.7 Å². The Kier molecular flexibility index (Phi) is 29.7. The summed E-state index contributed by atoms with van der Waals surface area (Å²) in [5.41, 5.74) is 4.16. The van der Waals surface area contributed by atoms with Crippen molar-refractivity contribution in [2.24, 2.45) is 0 Å². The van der Waals surface area contributed by atoms with Crippen molar-refractivity contribution in [2.75, 3.05) is 55.7 Å². The van der Waals surface area contributed by atoms with E-state index < -0.39 is 93.1 Å². The number of rotatable bonds is 26. The van der Waals surface area contributed by atoms with Gasteiger partial charge in [-0.2, -0.15) is 0 Å². The Morgan fingerprint density at radius 3 is 1.25 bits per heavy atom. The summed E-state index contributed by atoms with van der Waals surface area (Å²) in [5, 5.41) is 0. The van der Waals surface area contributed by atoms with E-state index in [4.69, 9.17) is 38.9 Å². The van der Waals surface area contributed by atoms with E-state index >= 15 is 0 Å². The second kappa shape index (κ2) is 29.0. The molecule has 3 atom stereocenters. The second-order valence-electron chi connectivity index (χ2n) is 22.6. The molecule has 3 N–H and O–H groups in total. The van der Waals surface area contributed by atoms with Crippen molar-refractivity contribution in [2.45, 2.75) is 184 Å². The number of hydrogen-bond donors (Lipinski definition) is 3. The van der Waals surface area contributed by atoms with Crippen molar-refractivity contribution >= 4 is 93.1 Å². The molecule has 2 aliphatic rings. The average molecular weight is 1090 g/mol. The Bertz CT molecular complexity index is 1310. The molecule has 0 amide bonds. The van der Waals surface area contributed by atoms with Gasteiger partial charge in [-0.1, -0.05) is 37.3 Å². The van der Waals surface area contributed by atoms with Gasteiger partial charge in [-0.05, 0) is 165 Å². The van der Waals surface area contributed by atoms with E-state index in [0.717, 1.165) is 18.6 Å². The standard InChI is InChI=1S/C25H64N2O5Si7.C13H31NOSi3.C3H10O3Si/c1-15-33(5,6)31-34(7,8)20-23-37(13)19-17-16-18-26-38(14,27-37)24-21-35(9,10)32-36(11,12)22-25-39(28-2,29-3)30-4;1-7-16(2,3)15-17(4,5)12-13-18(6)11-9-8-10-14-18;1-4-7(5-2)6-3/h15,26-27H,1,16-25H2,2-14H3;7,14H,1,8-13H2,2-6H3;7H,1-3H3. The lowest BCUT2D eigenvalue weighted by Gasteiger charge is -2.44. The molecule has 0 spiro atoms. The zero-order valence-electron chi connectivity index (χ0n) is 45.6. The fourth-order valence-electron chi connectivity index (χ4n) is 8.91. The van der Waals surface area contributed by atoms with Crippen LogP contribution in [0.5, 0.6) is 0 Å². The molecule has 0 saturated carbocycles. The smallest absolute Gasteiger partial charge is 0.456 e. The van der Waals surface area contributed by atoms with E-state index in [-0.39, 0.29) is 0 Å². The summed E-state index contributed by atoms with van der Waals surface area (Å²) in [6.45, 7) is 46.2. The minimum absolute atomic E-state index is 0.815. The van der Waals surface area contributed by atoms with Crippen LogP contribution in [0.4, 0.5) is 0 Å². The highest BCUT2D eigenvalue weighted by molar-refractivity contribution is 6.94. The third-order valence-electron chi connectivity index (χ3n) is 12.9. The van der Waals surface area contributed by atoms with Gasteiger partial charge in [0, 0.05) is 48.7 Å². The largest absolute Gasteiger partial charge is 0.499 e. The van der Waals surface area contributed by atoms with Crippen LogP contribution >= 0.6 is 0 Å². The summed E-state index contributed by atoms with van der Waals surface area (Å²) in [7, 11) is -9.29. The molecule has 2 fully saturated rings. The van der Waals surface area contributed by atoms with Gasteiger partial charge in [-0.15, -0.1) is 13.2 Å². The lowest BCUT2D eigenvalue weighted by atomic mass is 10.3. The molecule has 3 unspecified atom stereocenters. The van der Waals surface area contributed by atoms with Gasteiger partial charge < -0.3 is 53.5 Å².